The molecule has 1 aromatic rings. The van der Waals surface area contributed by atoms with Crippen LogP contribution in [0.5, 0.6) is 5.75 Å². The first-order valence-corrected chi connectivity index (χ1v) is 7.71. The van der Waals surface area contributed by atoms with Gasteiger partial charge in [-0.25, -0.2) is 8.42 Å². The van der Waals surface area contributed by atoms with Gasteiger partial charge in [-0.3, -0.25) is 4.79 Å². The molecule has 0 radical (unpaired) electrons. The van der Waals surface area contributed by atoms with E-state index in [0.717, 1.165) is 12.1 Å². The molecule has 0 aromatic heterocycles. The topological polar surface area (TPSA) is 92.7 Å². The Morgan fingerprint density at radius 1 is 1.32 bits per heavy atom. The quantitative estimate of drug-likeness (QED) is 0.856. The van der Waals surface area contributed by atoms with E-state index in [4.69, 9.17) is 5.11 Å². The van der Waals surface area contributed by atoms with Gasteiger partial charge in [0.15, 0.2) is 9.84 Å². The van der Waals surface area contributed by atoms with Crippen molar-refractivity contribution in [3.63, 3.8) is 0 Å². The molecule has 1 fully saturated rings. The number of halogens is 3. The number of alkyl halides is 3. The monoisotopic (exact) mass is 339 g/mol. The number of hydrogen-bond acceptors (Lipinski definition) is 5. The highest BCUT2D eigenvalue weighted by Crippen LogP contribution is 2.33. The summed E-state index contributed by atoms with van der Waals surface area (Å²) in [5.41, 5.74) is 0. The predicted molar refractivity (Wildman–Crippen MR) is 68.1 cm³/mol. The van der Waals surface area contributed by atoms with Crippen molar-refractivity contribution in [2.75, 3.05) is 6.54 Å². The van der Waals surface area contributed by atoms with Gasteiger partial charge in [-0.15, -0.1) is 13.2 Å². The number of ether oxygens (including phenoxy) is 1. The van der Waals surface area contributed by atoms with Crippen LogP contribution < -0.4 is 10.1 Å². The lowest BCUT2D eigenvalue weighted by atomic mass is 10.2. The summed E-state index contributed by atoms with van der Waals surface area (Å²) in [5, 5.41) is 10.2. The number of aliphatic carboxylic acids is 1. The summed E-state index contributed by atoms with van der Waals surface area (Å²) < 4.78 is 65.6. The lowest BCUT2D eigenvalue weighted by Crippen LogP contribution is -2.30. The molecule has 0 spiro atoms. The Bertz CT molecular complexity index is 674. The van der Waals surface area contributed by atoms with Gasteiger partial charge in [-0.2, -0.15) is 0 Å². The van der Waals surface area contributed by atoms with Crippen LogP contribution in [0.4, 0.5) is 13.2 Å². The highest BCUT2D eigenvalue weighted by molar-refractivity contribution is 7.92. The number of carbonyl (C=O) groups is 1. The minimum Gasteiger partial charge on any atom is -0.480 e. The summed E-state index contributed by atoms with van der Waals surface area (Å²) in [4.78, 5) is 10.2. The number of carboxylic acid groups (broad SMARTS) is 1. The lowest BCUT2D eigenvalue weighted by molar-refractivity contribution is -0.275. The van der Waals surface area contributed by atoms with Crippen LogP contribution in [-0.4, -0.2) is 43.7 Å². The second kappa shape index (κ2) is 5.76. The highest BCUT2D eigenvalue weighted by atomic mass is 32.2. The fourth-order valence-electron chi connectivity index (χ4n) is 2.20. The van der Waals surface area contributed by atoms with Gasteiger partial charge in [-0.1, -0.05) is 12.1 Å². The van der Waals surface area contributed by atoms with E-state index >= 15 is 0 Å². The molecule has 0 saturated carbocycles. The molecular weight excluding hydrogens is 327 g/mol. The van der Waals surface area contributed by atoms with E-state index in [9.17, 15) is 26.4 Å². The third-order valence-electron chi connectivity index (χ3n) is 3.21. The Balaban J connectivity index is 2.33. The van der Waals surface area contributed by atoms with Crippen LogP contribution >= 0.6 is 0 Å². The van der Waals surface area contributed by atoms with Crippen LogP contribution in [0, 0.1) is 0 Å². The molecule has 0 amide bonds. The van der Waals surface area contributed by atoms with Gasteiger partial charge in [0.25, 0.3) is 0 Å². The Hall–Kier alpha value is -1.81. The first kappa shape index (κ1) is 16.6. The van der Waals surface area contributed by atoms with Crippen molar-refractivity contribution in [1.29, 1.82) is 0 Å². The highest BCUT2D eigenvalue weighted by Gasteiger charge is 2.40. The van der Waals surface area contributed by atoms with Crippen molar-refractivity contribution in [2.24, 2.45) is 0 Å². The summed E-state index contributed by atoms with van der Waals surface area (Å²) in [6.45, 7) is -0.153. The maximum absolute atomic E-state index is 12.4. The number of carboxylic acids is 1. The fraction of sp³-hybridized carbons (Fsp3) is 0.417. The molecule has 2 N–H and O–H groups in total. The van der Waals surface area contributed by atoms with Crippen LogP contribution in [0.25, 0.3) is 0 Å². The third-order valence-corrected chi connectivity index (χ3v) is 5.40. The minimum absolute atomic E-state index is 0.153. The fourth-order valence-corrected chi connectivity index (χ4v) is 3.98. The summed E-state index contributed by atoms with van der Waals surface area (Å²) >= 11 is 0. The van der Waals surface area contributed by atoms with E-state index in [1.54, 1.807) is 0 Å². The maximum atomic E-state index is 12.4. The van der Waals surface area contributed by atoms with Crippen LogP contribution in [0.3, 0.4) is 0 Å². The van der Waals surface area contributed by atoms with Crippen LogP contribution in [-0.2, 0) is 14.6 Å². The molecule has 1 heterocycles. The predicted octanol–water partition coefficient (Wildman–Crippen LogP) is 1.17. The summed E-state index contributed by atoms with van der Waals surface area (Å²) in [6, 6.07) is 3.35. The number of nitrogens with one attached hydrogen (secondary N) is 1. The van der Waals surface area contributed by atoms with E-state index in [0.29, 0.717) is 0 Å². The molecule has 0 aliphatic carbocycles. The summed E-state index contributed by atoms with van der Waals surface area (Å²) in [7, 11) is -4.16. The number of benzene rings is 1. The van der Waals surface area contributed by atoms with Crippen LogP contribution in [0.1, 0.15) is 6.42 Å². The standard InChI is InChI=1S/C12H12F3NO5S/c13-12(14,15)21-9-3-1-2-4-10(9)22(19,20)7-5-8(11(17)18)16-6-7/h1-4,7-8,16H,5-6H2,(H,17,18)/t7-,8+/m1/s1. The van der Waals surface area contributed by atoms with Gasteiger partial charge in [-0.05, 0) is 18.6 Å². The smallest absolute Gasteiger partial charge is 0.480 e. The number of para-hydroxylation sites is 1. The second-order valence-corrected chi connectivity index (χ2v) is 6.89. The van der Waals surface area contributed by atoms with Crippen molar-refractivity contribution in [1.82, 2.24) is 5.32 Å². The molecule has 1 aliphatic rings. The van der Waals surface area contributed by atoms with E-state index in [1.807, 2.05) is 0 Å². The number of hydrogen-bond donors (Lipinski definition) is 2. The van der Waals surface area contributed by atoms with Crippen molar-refractivity contribution in [3.05, 3.63) is 24.3 Å². The van der Waals surface area contributed by atoms with Crippen LogP contribution in [0.2, 0.25) is 0 Å². The average molecular weight is 339 g/mol. The van der Waals surface area contributed by atoms with Gasteiger partial charge in [0.2, 0.25) is 0 Å². The largest absolute Gasteiger partial charge is 0.573 e. The molecule has 1 aromatic carbocycles. The Morgan fingerprint density at radius 2 is 1.95 bits per heavy atom. The molecule has 1 saturated heterocycles. The molecule has 122 valence electrons. The van der Waals surface area contributed by atoms with E-state index in [1.165, 1.54) is 12.1 Å². The van der Waals surface area contributed by atoms with Crippen molar-refractivity contribution < 1.29 is 36.2 Å². The minimum atomic E-state index is -5.02. The number of sulfone groups is 1. The normalized spacial score (nSPS) is 22.5. The van der Waals surface area contributed by atoms with Gasteiger partial charge in [0, 0.05) is 6.54 Å². The average Bonchev–Trinajstić information content (AvgIpc) is 2.87. The zero-order chi connectivity index (χ0) is 16.5. The van der Waals surface area contributed by atoms with Crippen molar-refractivity contribution in [3.8, 4) is 5.75 Å². The molecule has 6 nitrogen and oxygen atoms in total. The van der Waals surface area contributed by atoms with E-state index in [2.05, 4.69) is 10.1 Å². The summed E-state index contributed by atoms with van der Waals surface area (Å²) in [5.74, 6) is -2.04. The first-order valence-electron chi connectivity index (χ1n) is 6.16. The van der Waals surface area contributed by atoms with Crippen molar-refractivity contribution >= 4 is 15.8 Å². The van der Waals surface area contributed by atoms with E-state index in [-0.39, 0.29) is 13.0 Å². The molecule has 2 rings (SSSR count). The van der Waals surface area contributed by atoms with Gasteiger partial charge < -0.3 is 15.2 Å². The molecule has 2 atom stereocenters. The van der Waals surface area contributed by atoms with Gasteiger partial charge in [0.1, 0.15) is 16.7 Å². The SMILES string of the molecule is O=C(O)[C@@H]1C[C@@H](S(=O)(=O)c2ccccc2OC(F)(F)F)CN1. The third kappa shape index (κ3) is 3.50. The molecule has 10 heteroatoms. The second-order valence-electron chi connectivity index (χ2n) is 4.70. The number of rotatable bonds is 4. The molecule has 22 heavy (non-hydrogen) atoms. The Morgan fingerprint density at radius 3 is 2.50 bits per heavy atom. The van der Waals surface area contributed by atoms with Crippen molar-refractivity contribution in [2.45, 2.75) is 29.0 Å². The Labute approximate surface area is 123 Å². The zero-order valence-electron chi connectivity index (χ0n) is 11.0. The molecule has 1 aliphatic heterocycles. The maximum Gasteiger partial charge on any atom is 0.573 e. The molecular formula is C12H12F3NO5S. The first-order chi connectivity index (χ1) is 10.1. The van der Waals surface area contributed by atoms with Gasteiger partial charge in [0.05, 0.1) is 5.25 Å². The summed E-state index contributed by atoms with van der Waals surface area (Å²) in [6.07, 6.45) is -5.25. The van der Waals surface area contributed by atoms with E-state index < -0.39 is 44.1 Å². The zero-order valence-corrected chi connectivity index (χ0v) is 11.8. The lowest BCUT2D eigenvalue weighted by Gasteiger charge is -2.16. The van der Waals surface area contributed by atoms with Gasteiger partial charge >= 0.3 is 12.3 Å². The molecule has 0 bridgehead atoms. The Kier molecular flexibility index (Phi) is 4.34. The molecule has 0 unspecified atom stereocenters. The van der Waals surface area contributed by atoms with Crippen LogP contribution in [0.15, 0.2) is 29.2 Å².